The Kier molecular flexibility index (Phi) is 5.58. The molecular formula is C13H19N3OS. The minimum atomic E-state index is 0.0572. The highest BCUT2D eigenvalue weighted by Gasteiger charge is 2.12. The van der Waals surface area contributed by atoms with Crippen molar-refractivity contribution in [1.82, 2.24) is 4.90 Å². The van der Waals surface area contributed by atoms with E-state index >= 15 is 0 Å². The Morgan fingerprint density at radius 2 is 1.89 bits per heavy atom. The molecule has 0 heterocycles. The first kappa shape index (κ1) is 14.4. The fraction of sp³-hybridized carbons (Fsp3) is 0.385. The van der Waals surface area contributed by atoms with Gasteiger partial charge in [-0.25, -0.2) is 0 Å². The molecular weight excluding hydrogens is 246 g/mol. The van der Waals surface area contributed by atoms with Gasteiger partial charge in [0.1, 0.15) is 0 Å². The van der Waals surface area contributed by atoms with Gasteiger partial charge in [0.05, 0.1) is 11.5 Å². The number of nitrogens with two attached hydrogens (primary N) is 1. The molecule has 0 bridgehead atoms. The van der Waals surface area contributed by atoms with Crippen molar-refractivity contribution < 1.29 is 4.79 Å². The minimum Gasteiger partial charge on any atom is -0.393 e. The third kappa shape index (κ3) is 4.71. The van der Waals surface area contributed by atoms with Crippen LogP contribution >= 0.6 is 12.2 Å². The Balaban J connectivity index is 2.75. The van der Waals surface area contributed by atoms with Crippen LogP contribution in [0, 0.1) is 0 Å². The third-order valence-corrected chi connectivity index (χ3v) is 2.78. The number of nitrogens with zero attached hydrogens (tertiary/aromatic N) is 2. The fourth-order valence-electron chi connectivity index (χ4n) is 1.49. The molecule has 4 nitrogen and oxygen atoms in total. The van der Waals surface area contributed by atoms with E-state index in [-0.39, 0.29) is 5.91 Å². The largest absolute Gasteiger partial charge is 0.393 e. The smallest absolute Gasteiger partial charge is 0.241 e. The maximum Gasteiger partial charge on any atom is 0.241 e. The van der Waals surface area contributed by atoms with Crippen LogP contribution in [-0.2, 0) is 4.79 Å². The second-order valence-electron chi connectivity index (χ2n) is 4.26. The third-order valence-electron chi connectivity index (χ3n) is 2.57. The molecule has 1 rings (SSSR count). The zero-order valence-electron chi connectivity index (χ0n) is 10.8. The van der Waals surface area contributed by atoms with Gasteiger partial charge in [0.15, 0.2) is 0 Å². The number of carbonyl (C=O) groups excluding carboxylic acids is 1. The van der Waals surface area contributed by atoms with Crippen LogP contribution in [0.15, 0.2) is 30.3 Å². The molecule has 0 saturated heterocycles. The quantitative estimate of drug-likeness (QED) is 0.787. The molecule has 1 aromatic carbocycles. The summed E-state index contributed by atoms with van der Waals surface area (Å²) in [5.74, 6) is 0.0572. The summed E-state index contributed by atoms with van der Waals surface area (Å²) in [6.07, 6.45) is 0.602. The molecule has 5 heteroatoms. The number of para-hydroxylation sites is 1. The number of benzene rings is 1. The first-order valence-electron chi connectivity index (χ1n) is 5.79. The van der Waals surface area contributed by atoms with Crippen molar-refractivity contribution in [2.75, 3.05) is 32.1 Å². The van der Waals surface area contributed by atoms with Crippen LogP contribution in [0.4, 0.5) is 5.69 Å². The van der Waals surface area contributed by atoms with Gasteiger partial charge in [0.2, 0.25) is 5.91 Å². The van der Waals surface area contributed by atoms with Gasteiger partial charge >= 0.3 is 0 Å². The van der Waals surface area contributed by atoms with Crippen molar-refractivity contribution in [3.05, 3.63) is 30.3 Å². The average Bonchev–Trinajstić information content (AvgIpc) is 2.34. The molecule has 0 aliphatic carbocycles. The summed E-state index contributed by atoms with van der Waals surface area (Å²) in [6, 6.07) is 9.79. The number of hydrogen-bond acceptors (Lipinski definition) is 3. The lowest BCUT2D eigenvalue weighted by Gasteiger charge is -2.25. The summed E-state index contributed by atoms with van der Waals surface area (Å²) in [5.41, 5.74) is 6.52. The van der Waals surface area contributed by atoms with Gasteiger partial charge in [-0.05, 0) is 12.1 Å². The van der Waals surface area contributed by atoms with Crippen LogP contribution in [0.1, 0.15) is 6.42 Å². The summed E-state index contributed by atoms with van der Waals surface area (Å²) in [4.78, 5) is 15.8. The van der Waals surface area contributed by atoms with E-state index in [2.05, 4.69) is 0 Å². The number of rotatable bonds is 6. The van der Waals surface area contributed by atoms with Crippen molar-refractivity contribution in [3.63, 3.8) is 0 Å². The molecule has 1 amide bonds. The Bertz CT molecular complexity index is 406. The highest BCUT2D eigenvalue weighted by atomic mass is 32.1. The standard InChI is InChI=1S/C13H19N3OS/c1-15(2)13(17)10-16(9-8-12(14)18)11-6-4-3-5-7-11/h3-7H,8-10H2,1-2H3,(H2,14,18). The lowest BCUT2D eigenvalue weighted by atomic mass is 10.2. The van der Waals surface area contributed by atoms with E-state index in [4.69, 9.17) is 18.0 Å². The molecule has 0 unspecified atom stereocenters. The van der Waals surface area contributed by atoms with Crippen molar-refractivity contribution >= 4 is 28.8 Å². The summed E-state index contributed by atoms with van der Waals surface area (Å²) in [5, 5.41) is 0. The number of carbonyl (C=O) groups is 1. The van der Waals surface area contributed by atoms with Crippen molar-refractivity contribution in [2.45, 2.75) is 6.42 Å². The second-order valence-corrected chi connectivity index (χ2v) is 4.79. The molecule has 0 aliphatic heterocycles. The van der Waals surface area contributed by atoms with E-state index < -0.39 is 0 Å². The minimum absolute atomic E-state index is 0.0572. The molecule has 0 aromatic heterocycles. The Hall–Kier alpha value is -1.62. The number of amides is 1. The topological polar surface area (TPSA) is 49.6 Å². The van der Waals surface area contributed by atoms with E-state index in [9.17, 15) is 4.79 Å². The number of thiocarbonyl (C=S) groups is 1. The van der Waals surface area contributed by atoms with Crippen LogP contribution in [0.25, 0.3) is 0 Å². The van der Waals surface area contributed by atoms with Crippen LogP contribution in [0.3, 0.4) is 0 Å². The van der Waals surface area contributed by atoms with E-state index in [0.29, 0.717) is 24.5 Å². The normalized spacial score (nSPS) is 9.89. The lowest BCUT2D eigenvalue weighted by Crippen LogP contribution is -2.38. The van der Waals surface area contributed by atoms with Gasteiger partial charge in [0, 0.05) is 32.7 Å². The molecule has 0 radical (unpaired) electrons. The SMILES string of the molecule is CN(C)C(=O)CN(CCC(N)=S)c1ccccc1. The van der Waals surface area contributed by atoms with Crippen LogP contribution in [0.2, 0.25) is 0 Å². The number of anilines is 1. The van der Waals surface area contributed by atoms with Crippen molar-refractivity contribution in [3.8, 4) is 0 Å². The number of hydrogen-bond donors (Lipinski definition) is 1. The molecule has 98 valence electrons. The Morgan fingerprint density at radius 1 is 1.28 bits per heavy atom. The monoisotopic (exact) mass is 265 g/mol. The summed E-state index contributed by atoms with van der Waals surface area (Å²) >= 11 is 4.88. The van der Waals surface area contributed by atoms with Crippen molar-refractivity contribution in [1.29, 1.82) is 0 Å². The molecule has 0 atom stereocenters. The molecule has 0 fully saturated rings. The molecule has 0 saturated carbocycles. The highest BCUT2D eigenvalue weighted by molar-refractivity contribution is 7.80. The zero-order chi connectivity index (χ0) is 13.5. The summed E-state index contributed by atoms with van der Waals surface area (Å²) in [7, 11) is 3.50. The maximum absolute atomic E-state index is 11.8. The van der Waals surface area contributed by atoms with Gasteiger partial charge < -0.3 is 15.5 Å². The first-order valence-corrected chi connectivity index (χ1v) is 6.20. The van der Waals surface area contributed by atoms with Crippen LogP contribution in [0.5, 0.6) is 0 Å². The molecule has 2 N–H and O–H groups in total. The molecule has 18 heavy (non-hydrogen) atoms. The van der Waals surface area contributed by atoms with Gasteiger partial charge in [-0.1, -0.05) is 30.4 Å². The van der Waals surface area contributed by atoms with Crippen LogP contribution < -0.4 is 10.6 Å². The van der Waals surface area contributed by atoms with E-state index in [0.717, 1.165) is 5.69 Å². The Morgan fingerprint density at radius 3 is 2.39 bits per heavy atom. The first-order chi connectivity index (χ1) is 8.50. The van der Waals surface area contributed by atoms with Crippen molar-refractivity contribution in [2.24, 2.45) is 5.73 Å². The van der Waals surface area contributed by atoms with Gasteiger partial charge in [-0.2, -0.15) is 0 Å². The fourth-order valence-corrected chi connectivity index (χ4v) is 1.58. The average molecular weight is 265 g/mol. The highest BCUT2D eigenvalue weighted by Crippen LogP contribution is 2.13. The number of likely N-dealkylation sites (N-methyl/N-ethyl adjacent to an activating group) is 1. The van der Waals surface area contributed by atoms with E-state index in [1.807, 2.05) is 35.2 Å². The van der Waals surface area contributed by atoms with E-state index in [1.54, 1.807) is 19.0 Å². The molecule has 1 aromatic rings. The van der Waals surface area contributed by atoms with Gasteiger partial charge in [-0.15, -0.1) is 0 Å². The van der Waals surface area contributed by atoms with Crippen LogP contribution in [-0.4, -0.2) is 43.0 Å². The summed E-state index contributed by atoms with van der Waals surface area (Å²) < 4.78 is 0. The zero-order valence-corrected chi connectivity index (χ0v) is 11.6. The predicted molar refractivity (Wildman–Crippen MR) is 78.8 cm³/mol. The second kappa shape index (κ2) is 6.96. The van der Waals surface area contributed by atoms with Gasteiger partial charge in [-0.3, -0.25) is 4.79 Å². The van der Waals surface area contributed by atoms with E-state index in [1.165, 1.54) is 0 Å². The Labute approximate surface area is 113 Å². The molecule has 0 aliphatic rings. The van der Waals surface area contributed by atoms with Gasteiger partial charge in [0.25, 0.3) is 0 Å². The predicted octanol–water partition coefficient (Wildman–Crippen LogP) is 1.26. The lowest BCUT2D eigenvalue weighted by molar-refractivity contribution is -0.127. The summed E-state index contributed by atoms with van der Waals surface area (Å²) in [6.45, 7) is 0.985. The molecule has 0 spiro atoms. The maximum atomic E-state index is 11.8.